The first-order valence-electron chi connectivity index (χ1n) is 9.72. The predicted octanol–water partition coefficient (Wildman–Crippen LogP) is 2.54. The third-order valence-corrected chi connectivity index (χ3v) is 5.74. The van der Waals surface area contributed by atoms with Crippen LogP contribution in [0.2, 0.25) is 0 Å². The summed E-state index contributed by atoms with van der Waals surface area (Å²) >= 11 is 0. The van der Waals surface area contributed by atoms with Crippen molar-refractivity contribution in [3.05, 3.63) is 11.6 Å². The molecule has 0 unspecified atom stereocenters. The molecule has 3 rings (SSSR count). The molecule has 6 nitrogen and oxygen atoms in total. The molecule has 1 spiro atoms. The van der Waals surface area contributed by atoms with Crippen molar-refractivity contribution in [3.8, 4) is 0 Å². The van der Waals surface area contributed by atoms with Crippen LogP contribution < -0.4 is 5.32 Å². The van der Waals surface area contributed by atoms with E-state index < -0.39 is 0 Å². The van der Waals surface area contributed by atoms with Gasteiger partial charge in [-0.15, -0.1) is 0 Å². The van der Waals surface area contributed by atoms with E-state index in [9.17, 15) is 0 Å². The molecule has 0 radical (unpaired) electrons. The fraction of sp³-hybridized carbons (Fsp3) is 0.895. The lowest BCUT2D eigenvalue weighted by Gasteiger charge is -2.37. The Balaban J connectivity index is 1.63. The molecule has 142 valence electrons. The third kappa shape index (κ3) is 4.41. The first-order chi connectivity index (χ1) is 11.8. The standard InChI is InChI=1S/C19H35N5O/c1-15-21-17(12-23(5)11-10-20-4)24(22-15)16-6-8-19(9-7-16)13-18(2,3)14-25-19/h16,20H,6-14H2,1-5H3. The van der Waals surface area contributed by atoms with Crippen molar-refractivity contribution in [2.24, 2.45) is 5.41 Å². The van der Waals surface area contributed by atoms with E-state index in [-0.39, 0.29) is 5.60 Å². The van der Waals surface area contributed by atoms with Gasteiger partial charge in [-0.05, 0) is 58.5 Å². The lowest BCUT2D eigenvalue weighted by molar-refractivity contribution is -0.0355. The van der Waals surface area contributed by atoms with Gasteiger partial charge in [0.25, 0.3) is 0 Å². The van der Waals surface area contributed by atoms with Gasteiger partial charge in [0.2, 0.25) is 0 Å². The molecule has 0 amide bonds. The molecular formula is C19H35N5O. The van der Waals surface area contributed by atoms with Gasteiger partial charge in [0.05, 0.1) is 24.8 Å². The molecule has 1 aromatic heterocycles. The molecule has 2 aliphatic rings. The summed E-state index contributed by atoms with van der Waals surface area (Å²) in [6.45, 7) is 10.4. The van der Waals surface area contributed by atoms with Gasteiger partial charge in [0, 0.05) is 13.1 Å². The Morgan fingerprint density at radius 3 is 2.64 bits per heavy atom. The third-order valence-electron chi connectivity index (χ3n) is 5.74. The molecule has 1 saturated carbocycles. The summed E-state index contributed by atoms with van der Waals surface area (Å²) in [4.78, 5) is 7.01. The Hall–Kier alpha value is -0.980. The molecule has 1 aliphatic heterocycles. The van der Waals surface area contributed by atoms with Crippen LogP contribution in [0.15, 0.2) is 0 Å². The van der Waals surface area contributed by atoms with E-state index in [1.807, 2.05) is 14.0 Å². The van der Waals surface area contributed by atoms with Crippen LogP contribution in [-0.4, -0.2) is 59.1 Å². The minimum Gasteiger partial charge on any atom is -0.374 e. The maximum Gasteiger partial charge on any atom is 0.147 e. The monoisotopic (exact) mass is 349 g/mol. The van der Waals surface area contributed by atoms with Crippen molar-refractivity contribution < 1.29 is 4.74 Å². The molecule has 0 atom stereocenters. The molecular weight excluding hydrogens is 314 g/mol. The van der Waals surface area contributed by atoms with Crippen LogP contribution in [-0.2, 0) is 11.3 Å². The Morgan fingerprint density at radius 1 is 1.32 bits per heavy atom. The zero-order valence-electron chi connectivity index (χ0n) is 16.6. The fourth-order valence-electron chi connectivity index (χ4n) is 4.51. The SMILES string of the molecule is CNCCN(C)Cc1nc(C)nn1C1CCC2(CC1)CC(C)(C)CO2. The van der Waals surface area contributed by atoms with E-state index in [1.165, 1.54) is 6.42 Å². The van der Waals surface area contributed by atoms with E-state index in [0.717, 1.165) is 63.6 Å². The minimum absolute atomic E-state index is 0.124. The number of nitrogens with zero attached hydrogens (tertiary/aromatic N) is 4. The molecule has 6 heteroatoms. The van der Waals surface area contributed by atoms with Gasteiger partial charge in [-0.25, -0.2) is 9.67 Å². The highest BCUT2D eigenvalue weighted by Crippen LogP contribution is 2.48. The van der Waals surface area contributed by atoms with Crippen LogP contribution in [0.4, 0.5) is 0 Å². The summed E-state index contributed by atoms with van der Waals surface area (Å²) in [5.74, 6) is 1.99. The van der Waals surface area contributed by atoms with Crippen molar-refractivity contribution in [1.29, 1.82) is 0 Å². The molecule has 1 aliphatic carbocycles. The lowest BCUT2D eigenvalue weighted by atomic mass is 9.75. The second-order valence-corrected chi connectivity index (χ2v) is 8.91. The van der Waals surface area contributed by atoms with E-state index in [1.54, 1.807) is 0 Å². The van der Waals surface area contributed by atoms with E-state index in [0.29, 0.717) is 11.5 Å². The number of hydrogen-bond donors (Lipinski definition) is 1. The second kappa shape index (κ2) is 7.33. The highest BCUT2D eigenvalue weighted by atomic mass is 16.5. The average molecular weight is 350 g/mol. The molecule has 1 saturated heterocycles. The molecule has 1 aromatic rings. The van der Waals surface area contributed by atoms with Crippen LogP contribution in [0.25, 0.3) is 0 Å². The van der Waals surface area contributed by atoms with Gasteiger partial charge >= 0.3 is 0 Å². The topological polar surface area (TPSA) is 55.2 Å². The number of aromatic nitrogens is 3. The number of rotatable bonds is 6. The zero-order chi connectivity index (χ0) is 18.1. The first-order valence-corrected chi connectivity index (χ1v) is 9.72. The largest absolute Gasteiger partial charge is 0.374 e. The Labute approximate surface area is 152 Å². The molecule has 25 heavy (non-hydrogen) atoms. The van der Waals surface area contributed by atoms with Gasteiger partial charge in [-0.1, -0.05) is 13.8 Å². The first kappa shape index (κ1) is 18.8. The second-order valence-electron chi connectivity index (χ2n) is 8.91. The summed E-state index contributed by atoms with van der Waals surface area (Å²) < 4.78 is 8.47. The van der Waals surface area contributed by atoms with Crippen LogP contribution in [0, 0.1) is 12.3 Å². The smallest absolute Gasteiger partial charge is 0.147 e. The van der Waals surface area contributed by atoms with Gasteiger partial charge in [0.1, 0.15) is 11.6 Å². The lowest BCUT2D eigenvalue weighted by Crippen LogP contribution is -2.36. The van der Waals surface area contributed by atoms with E-state index in [4.69, 9.17) is 14.8 Å². The molecule has 0 bridgehead atoms. The number of nitrogens with one attached hydrogen (secondary N) is 1. The summed E-state index contributed by atoms with van der Waals surface area (Å²) in [5.41, 5.74) is 0.456. The summed E-state index contributed by atoms with van der Waals surface area (Å²) in [6.07, 6.45) is 5.78. The normalized spacial score (nSPS) is 29.0. The number of hydrogen-bond acceptors (Lipinski definition) is 5. The fourth-order valence-corrected chi connectivity index (χ4v) is 4.51. The summed E-state index contributed by atoms with van der Waals surface area (Å²) in [6, 6.07) is 0.465. The quantitative estimate of drug-likeness (QED) is 0.855. The average Bonchev–Trinajstić information content (AvgIpc) is 3.06. The minimum atomic E-state index is 0.124. The maximum atomic E-state index is 6.26. The highest BCUT2D eigenvalue weighted by molar-refractivity contribution is 5.00. The van der Waals surface area contributed by atoms with Gasteiger partial charge in [-0.3, -0.25) is 4.90 Å². The van der Waals surface area contributed by atoms with Crippen molar-refractivity contribution in [2.75, 3.05) is 33.8 Å². The molecule has 1 N–H and O–H groups in total. The Bertz CT molecular complexity index is 574. The van der Waals surface area contributed by atoms with Crippen LogP contribution in [0.5, 0.6) is 0 Å². The van der Waals surface area contributed by atoms with Crippen LogP contribution in [0.3, 0.4) is 0 Å². The molecule has 2 heterocycles. The maximum absolute atomic E-state index is 6.26. The Kier molecular flexibility index (Phi) is 5.51. The van der Waals surface area contributed by atoms with E-state index >= 15 is 0 Å². The molecule has 0 aromatic carbocycles. The van der Waals surface area contributed by atoms with Crippen molar-refractivity contribution in [2.45, 2.75) is 71.1 Å². The van der Waals surface area contributed by atoms with E-state index in [2.05, 4.69) is 35.8 Å². The zero-order valence-corrected chi connectivity index (χ0v) is 16.6. The van der Waals surface area contributed by atoms with Gasteiger partial charge < -0.3 is 10.1 Å². The molecule has 2 fully saturated rings. The van der Waals surface area contributed by atoms with Gasteiger partial charge in [-0.2, -0.15) is 5.10 Å². The number of likely N-dealkylation sites (N-methyl/N-ethyl adjacent to an activating group) is 2. The van der Waals surface area contributed by atoms with Crippen LogP contribution in [0.1, 0.15) is 63.6 Å². The predicted molar refractivity (Wildman–Crippen MR) is 99.6 cm³/mol. The van der Waals surface area contributed by atoms with Gasteiger partial charge in [0.15, 0.2) is 0 Å². The highest BCUT2D eigenvalue weighted by Gasteiger charge is 2.46. The van der Waals surface area contributed by atoms with Crippen LogP contribution >= 0.6 is 0 Å². The van der Waals surface area contributed by atoms with Crippen molar-refractivity contribution in [1.82, 2.24) is 25.0 Å². The summed E-state index contributed by atoms with van der Waals surface area (Å²) in [7, 11) is 4.14. The number of aryl methyl sites for hydroxylation is 1. The Morgan fingerprint density at radius 2 is 2.04 bits per heavy atom. The number of ether oxygens (including phenoxy) is 1. The van der Waals surface area contributed by atoms with Crippen molar-refractivity contribution >= 4 is 0 Å². The summed E-state index contributed by atoms with van der Waals surface area (Å²) in [5, 5.41) is 7.94. The van der Waals surface area contributed by atoms with Crippen molar-refractivity contribution in [3.63, 3.8) is 0 Å².